The van der Waals surface area contributed by atoms with Gasteiger partial charge < -0.3 is 14.4 Å². The normalized spacial score (nSPS) is 16.6. The summed E-state index contributed by atoms with van der Waals surface area (Å²) >= 11 is 12.2. The average molecular weight is 394 g/mol. The largest absolute Gasteiger partial charge is 0.493 e. The molecule has 1 aliphatic rings. The molecule has 0 spiro atoms. The van der Waals surface area contributed by atoms with E-state index in [0.29, 0.717) is 21.5 Å². The predicted molar refractivity (Wildman–Crippen MR) is 103 cm³/mol. The number of likely N-dealkylation sites (tertiary alicyclic amines) is 1. The van der Waals surface area contributed by atoms with Gasteiger partial charge in [0.1, 0.15) is 0 Å². The Balaban J connectivity index is 1.80. The van der Waals surface area contributed by atoms with Gasteiger partial charge in [0.2, 0.25) is 5.91 Å². The molecule has 0 radical (unpaired) electrons. The molecule has 3 rings (SSSR count). The van der Waals surface area contributed by atoms with Crippen LogP contribution in [-0.4, -0.2) is 31.6 Å². The lowest BCUT2D eigenvalue weighted by Gasteiger charge is -2.26. The van der Waals surface area contributed by atoms with Crippen molar-refractivity contribution in [1.82, 2.24) is 4.90 Å². The fourth-order valence-corrected chi connectivity index (χ4v) is 3.88. The standard InChI is InChI=1S/C20H21Cl2NO3/c1-25-18-8-6-14(10-19(18)26-2)17-4-3-9-23(17)20(24)11-13-5-7-15(21)12-16(13)22/h5-8,10,12,17H,3-4,9,11H2,1-2H3. The first kappa shape index (κ1) is 18.9. The Morgan fingerprint density at radius 3 is 2.58 bits per heavy atom. The van der Waals surface area contributed by atoms with Crippen molar-refractivity contribution in [3.8, 4) is 11.5 Å². The van der Waals surface area contributed by atoms with Gasteiger partial charge in [-0.25, -0.2) is 0 Å². The molecule has 1 saturated heterocycles. The highest BCUT2D eigenvalue weighted by Crippen LogP contribution is 2.37. The van der Waals surface area contributed by atoms with Crippen molar-refractivity contribution in [2.75, 3.05) is 20.8 Å². The summed E-state index contributed by atoms with van der Waals surface area (Å²) < 4.78 is 10.7. The van der Waals surface area contributed by atoms with Gasteiger partial charge in [-0.15, -0.1) is 0 Å². The molecule has 26 heavy (non-hydrogen) atoms. The molecule has 0 aromatic heterocycles. The van der Waals surface area contributed by atoms with Crippen LogP contribution in [-0.2, 0) is 11.2 Å². The number of rotatable bonds is 5. The molecule has 1 fully saturated rings. The maximum atomic E-state index is 12.9. The zero-order valence-corrected chi connectivity index (χ0v) is 16.3. The number of methoxy groups -OCH3 is 2. The van der Waals surface area contributed by atoms with Crippen LogP contribution >= 0.6 is 23.2 Å². The highest BCUT2D eigenvalue weighted by atomic mass is 35.5. The third-order valence-corrected chi connectivity index (χ3v) is 5.31. The van der Waals surface area contributed by atoms with Crippen molar-refractivity contribution in [3.05, 3.63) is 57.6 Å². The number of benzene rings is 2. The summed E-state index contributed by atoms with van der Waals surface area (Å²) in [6.45, 7) is 0.739. The Kier molecular flexibility index (Phi) is 5.94. The topological polar surface area (TPSA) is 38.8 Å². The number of amides is 1. The van der Waals surface area contributed by atoms with Crippen LogP contribution in [0.1, 0.15) is 30.0 Å². The van der Waals surface area contributed by atoms with Gasteiger partial charge in [-0.05, 0) is 48.2 Å². The van der Waals surface area contributed by atoms with Gasteiger partial charge in [-0.3, -0.25) is 4.79 Å². The van der Waals surface area contributed by atoms with E-state index in [4.69, 9.17) is 32.7 Å². The van der Waals surface area contributed by atoms with Gasteiger partial charge in [-0.2, -0.15) is 0 Å². The minimum atomic E-state index is 0.0355. The van der Waals surface area contributed by atoms with E-state index in [1.54, 1.807) is 26.4 Å². The summed E-state index contributed by atoms with van der Waals surface area (Å²) in [4.78, 5) is 14.8. The second kappa shape index (κ2) is 8.19. The first-order valence-electron chi connectivity index (χ1n) is 8.48. The van der Waals surface area contributed by atoms with E-state index >= 15 is 0 Å². The first-order chi connectivity index (χ1) is 12.5. The monoisotopic (exact) mass is 393 g/mol. The van der Waals surface area contributed by atoms with E-state index in [1.165, 1.54) is 0 Å². The number of halogens is 2. The van der Waals surface area contributed by atoms with Gasteiger partial charge in [-0.1, -0.05) is 35.3 Å². The number of hydrogen-bond donors (Lipinski definition) is 0. The second-order valence-corrected chi connectivity index (χ2v) is 7.12. The highest BCUT2D eigenvalue weighted by Gasteiger charge is 2.30. The number of ether oxygens (including phenoxy) is 2. The Bertz CT molecular complexity index is 810. The van der Waals surface area contributed by atoms with Crippen molar-refractivity contribution in [3.63, 3.8) is 0 Å². The van der Waals surface area contributed by atoms with Crippen LogP contribution in [0.3, 0.4) is 0 Å². The average Bonchev–Trinajstić information content (AvgIpc) is 3.13. The smallest absolute Gasteiger partial charge is 0.227 e. The van der Waals surface area contributed by atoms with Gasteiger partial charge in [0.05, 0.1) is 26.7 Å². The molecular formula is C20H21Cl2NO3. The Morgan fingerprint density at radius 2 is 1.88 bits per heavy atom. The molecule has 2 aromatic rings. The van der Waals surface area contributed by atoms with Crippen molar-refractivity contribution in [1.29, 1.82) is 0 Å². The van der Waals surface area contributed by atoms with E-state index < -0.39 is 0 Å². The van der Waals surface area contributed by atoms with Gasteiger partial charge in [0.25, 0.3) is 0 Å². The third-order valence-electron chi connectivity index (χ3n) is 4.72. The van der Waals surface area contributed by atoms with Crippen LogP contribution < -0.4 is 9.47 Å². The molecule has 1 unspecified atom stereocenters. The third kappa shape index (κ3) is 3.92. The lowest BCUT2D eigenvalue weighted by atomic mass is 10.0. The molecule has 0 saturated carbocycles. The minimum absolute atomic E-state index is 0.0355. The predicted octanol–water partition coefficient (Wildman–Crippen LogP) is 4.92. The number of carbonyl (C=O) groups excluding carboxylic acids is 1. The zero-order valence-electron chi connectivity index (χ0n) is 14.8. The van der Waals surface area contributed by atoms with Crippen LogP contribution in [0.4, 0.5) is 0 Å². The van der Waals surface area contributed by atoms with Crippen molar-refractivity contribution >= 4 is 29.1 Å². The molecule has 1 heterocycles. The molecule has 4 nitrogen and oxygen atoms in total. The fraction of sp³-hybridized carbons (Fsp3) is 0.350. The quantitative estimate of drug-likeness (QED) is 0.723. The van der Waals surface area contributed by atoms with Crippen LogP contribution in [0.2, 0.25) is 10.0 Å². The summed E-state index contributed by atoms with van der Waals surface area (Å²) in [5.74, 6) is 1.41. The Labute approximate surface area is 163 Å². The zero-order chi connectivity index (χ0) is 18.7. The molecule has 1 atom stereocenters. The van der Waals surface area contributed by atoms with Crippen LogP contribution in [0.25, 0.3) is 0 Å². The minimum Gasteiger partial charge on any atom is -0.493 e. The number of nitrogens with zero attached hydrogens (tertiary/aromatic N) is 1. The molecule has 1 amide bonds. The van der Waals surface area contributed by atoms with Gasteiger partial charge >= 0.3 is 0 Å². The van der Waals surface area contributed by atoms with Crippen molar-refractivity contribution in [2.24, 2.45) is 0 Å². The molecule has 0 bridgehead atoms. The first-order valence-corrected chi connectivity index (χ1v) is 9.24. The van der Waals surface area contributed by atoms with Crippen molar-refractivity contribution < 1.29 is 14.3 Å². The lowest BCUT2D eigenvalue weighted by Crippen LogP contribution is -2.31. The molecule has 6 heteroatoms. The molecule has 1 aliphatic heterocycles. The summed E-state index contributed by atoms with van der Waals surface area (Å²) in [7, 11) is 3.22. The van der Waals surface area contributed by atoms with Gasteiger partial charge in [0.15, 0.2) is 11.5 Å². The fourth-order valence-electron chi connectivity index (χ4n) is 3.40. The van der Waals surface area contributed by atoms with Gasteiger partial charge in [0, 0.05) is 16.6 Å². The van der Waals surface area contributed by atoms with Crippen LogP contribution in [0.5, 0.6) is 11.5 Å². The summed E-state index contributed by atoms with van der Waals surface area (Å²) in [5, 5.41) is 1.09. The summed E-state index contributed by atoms with van der Waals surface area (Å²) in [6.07, 6.45) is 2.16. The molecule has 2 aromatic carbocycles. The Hall–Kier alpha value is -1.91. The number of carbonyl (C=O) groups is 1. The number of hydrogen-bond acceptors (Lipinski definition) is 3. The van der Waals surface area contributed by atoms with E-state index in [0.717, 1.165) is 30.5 Å². The second-order valence-electron chi connectivity index (χ2n) is 6.27. The lowest BCUT2D eigenvalue weighted by molar-refractivity contribution is -0.131. The SMILES string of the molecule is COc1ccc(C2CCCN2C(=O)Cc2ccc(Cl)cc2Cl)cc1OC. The molecule has 0 N–H and O–H groups in total. The van der Waals surface area contributed by atoms with Crippen molar-refractivity contribution in [2.45, 2.75) is 25.3 Å². The van der Waals surface area contributed by atoms with E-state index in [9.17, 15) is 4.79 Å². The Morgan fingerprint density at radius 1 is 1.12 bits per heavy atom. The summed E-state index contributed by atoms with van der Waals surface area (Å²) in [6, 6.07) is 11.1. The summed E-state index contributed by atoms with van der Waals surface area (Å²) in [5.41, 5.74) is 1.84. The van der Waals surface area contributed by atoms with Crippen LogP contribution in [0, 0.1) is 0 Å². The maximum absolute atomic E-state index is 12.9. The van der Waals surface area contributed by atoms with E-state index in [-0.39, 0.29) is 18.4 Å². The maximum Gasteiger partial charge on any atom is 0.227 e. The van der Waals surface area contributed by atoms with E-state index in [1.807, 2.05) is 29.2 Å². The van der Waals surface area contributed by atoms with E-state index in [2.05, 4.69) is 0 Å². The van der Waals surface area contributed by atoms with Crippen LogP contribution in [0.15, 0.2) is 36.4 Å². The molecule has 138 valence electrons. The molecular weight excluding hydrogens is 373 g/mol. The highest BCUT2D eigenvalue weighted by molar-refractivity contribution is 6.35. The molecule has 0 aliphatic carbocycles.